The summed E-state index contributed by atoms with van der Waals surface area (Å²) < 4.78 is 0. The van der Waals surface area contributed by atoms with Crippen LogP contribution in [-0.4, -0.2) is 55.6 Å². The average Bonchev–Trinajstić information content (AvgIpc) is 2.51. The summed E-state index contributed by atoms with van der Waals surface area (Å²) in [7, 11) is 4.11. The lowest BCUT2D eigenvalue weighted by atomic mass is 9.84. The van der Waals surface area contributed by atoms with Crippen molar-refractivity contribution in [3.63, 3.8) is 0 Å². The number of carbonyl (C=O) groups is 1. The molecule has 0 aliphatic rings. The lowest BCUT2D eigenvalue weighted by molar-refractivity contribution is 0.0892. The minimum atomic E-state index is -0.0488. The molecule has 0 bridgehead atoms. The Morgan fingerprint density at radius 3 is 2.25 bits per heavy atom. The maximum atomic E-state index is 12.6. The summed E-state index contributed by atoms with van der Waals surface area (Å²) in [6, 6.07) is 3.91. The summed E-state index contributed by atoms with van der Waals surface area (Å²) >= 11 is 0. The van der Waals surface area contributed by atoms with Gasteiger partial charge in [0.25, 0.3) is 5.91 Å². The van der Waals surface area contributed by atoms with Crippen LogP contribution in [0.5, 0.6) is 0 Å². The molecule has 1 atom stereocenters. The molecule has 0 saturated carbocycles. The highest BCUT2D eigenvalue weighted by Gasteiger charge is 2.26. The first-order valence-electron chi connectivity index (χ1n) is 8.85. The van der Waals surface area contributed by atoms with E-state index in [0.29, 0.717) is 5.56 Å². The highest BCUT2D eigenvalue weighted by Crippen LogP contribution is 2.22. The highest BCUT2D eigenvalue weighted by molar-refractivity contribution is 5.94. The number of hydrogen-bond acceptors (Lipinski definition) is 4. The van der Waals surface area contributed by atoms with E-state index in [9.17, 15) is 4.79 Å². The van der Waals surface area contributed by atoms with Crippen molar-refractivity contribution in [1.29, 1.82) is 0 Å². The molecule has 1 unspecified atom stereocenters. The molecule has 0 fully saturated rings. The number of pyridine rings is 1. The van der Waals surface area contributed by atoms with Gasteiger partial charge < -0.3 is 15.1 Å². The zero-order valence-corrected chi connectivity index (χ0v) is 16.4. The van der Waals surface area contributed by atoms with E-state index >= 15 is 0 Å². The van der Waals surface area contributed by atoms with Crippen LogP contribution in [0.2, 0.25) is 0 Å². The maximum Gasteiger partial charge on any atom is 0.253 e. The molecule has 5 heteroatoms. The van der Waals surface area contributed by atoms with Crippen molar-refractivity contribution in [1.82, 2.24) is 15.2 Å². The van der Waals surface area contributed by atoms with Gasteiger partial charge in [-0.15, -0.1) is 0 Å². The number of carbonyl (C=O) groups excluding carboxylic acids is 1. The van der Waals surface area contributed by atoms with Gasteiger partial charge in [0, 0.05) is 25.3 Å². The quantitative estimate of drug-likeness (QED) is 0.794. The summed E-state index contributed by atoms with van der Waals surface area (Å²) in [5, 5.41) is 3.19. The van der Waals surface area contributed by atoms with Gasteiger partial charge in [0.1, 0.15) is 5.82 Å². The first kappa shape index (κ1) is 20.4. The number of nitrogens with zero attached hydrogens (tertiary/aromatic N) is 3. The maximum absolute atomic E-state index is 12.6. The summed E-state index contributed by atoms with van der Waals surface area (Å²) in [6.45, 7) is 13.5. The second-order valence-electron chi connectivity index (χ2n) is 7.56. The number of anilines is 1. The second-order valence-corrected chi connectivity index (χ2v) is 7.56. The van der Waals surface area contributed by atoms with Crippen LogP contribution in [0.4, 0.5) is 5.82 Å². The molecule has 1 amide bonds. The van der Waals surface area contributed by atoms with Gasteiger partial charge in [0.2, 0.25) is 0 Å². The van der Waals surface area contributed by atoms with Gasteiger partial charge in [-0.2, -0.15) is 0 Å². The summed E-state index contributed by atoms with van der Waals surface area (Å²) in [5.41, 5.74) is 0.630. The third-order valence-electron chi connectivity index (χ3n) is 4.31. The molecule has 0 spiro atoms. The van der Waals surface area contributed by atoms with Crippen LogP contribution in [0.25, 0.3) is 0 Å². The molecule has 1 N–H and O–H groups in total. The van der Waals surface area contributed by atoms with Crippen molar-refractivity contribution < 1.29 is 4.79 Å². The number of hydrogen-bond donors (Lipinski definition) is 1. The summed E-state index contributed by atoms with van der Waals surface area (Å²) in [4.78, 5) is 21.3. The number of nitrogens with one attached hydrogen (secondary N) is 1. The SMILES string of the molecule is CCN(CC)c1ccc(C(=O)NC(CCN(C)C)C(C)(C)C)cn1. The van der Waals surface area contributed by atoms with Crippen molar-refractivity contribution in [3.05, 3.63) is 23.9 Å². The van der Waals surface area contributed by atoms with Crippen LogP contribution in [-0.2, 0) is 0 Å². The molecule has 0 saturated heterocycles. The molecule has 1 aromatic rings. The van der Waals surface area contributed by atoms with Crippen molar-refractivity contribution >= 4 is 11.7 Å². The van der Waals surface area contributed by atoms with Crippen LogP contribution in [0.15, 0.2) is 18.3 Å². The van der Waals surface area contributed by atoms with Gasteiger partial charge in [0.15, 0.2) is 0 Å². The van der Waals surface area contributed by atoms with Gasteiger partial charge in [-0.3, -0.25) is 4.79 Å². The molecule has 1 heterocycles. The smallest absolute Gasteiger partial charge is 0.253 e. The Labute approximate surface area is 147 Å². The average molecular weight is 335 g/mol. The van der Waals surface area contributed by atoms with Crippen LogP contribution in [0.1, 0.15) is 51.4 Å². The number of aromatic nitrogens is 1. The molecular formula is C19H34N4O. The van der Waals surface area contributed by atoms with E-state index in [4.69, 9.17) is 0 Å². The van der Waals surface area contributed by atoms with E-state index in [1.807, 2.05) is 12.1 Å². The summed E-state index contributed by atoms with van der Waals surface area (Å²) in [5.74, 6) is 0.865. The fourth-order valence-electron chi connectivity index (χ4n) is 2.61. The Morgan fingerprint density at radius 2 is 1.83 bits per heavy atom. The third-order valence-corrected chi connectivity index (χ3v) is 4.31. The fraction of sp³-hybridized carbons (Fsp3) is 0.684. The molecule has 0 aliphatic heterocycles. The van der Waals surface area contributed by atoms with E-state index in [1.165, 1.54) is 0 Å². The van der Waals surface area contributed by atoms with Gasteiger partial charge in [-0.25, -0.2) is 4.98 Å². The standard InChI is InChI=1S/C19H34N4O/c1-8-23(9-2)17-11-10-15(14-20-17)18(24)21-16(19(3,4)5)12-13-22(6)7/h10-11,14,16H,8-9,12-13H2,1-7H3,(H,21,24). The lowest BCUT2D eigenvalue weighted by Gasteiger charge is -2.32. The van der Waals surface area contributed by atoms with Crippen LogP contribution >= 0.6 is 0 Å². The van der Waals surface area contributed by atoms with Crippen LogP contribution in [0.3, 0.4) is 0 Å². The molecule has 5 nitrogen and oxygen atoms in total. The monoisotopic (exact) mass is 334 g/mol. The molecular weight excluding hydrogens is 300 g/mol. The number of rotatable bonds is 8. The second kappa shape index (κ2) is 9.02. The van der Waals surface area contributed by atoms with Gasteiger partial charge in [-0.1, -0.05) is 20.8 Å². The topological polar surface area (TPSA) is 48.5 Å². The minimum absolute atomic E-state index is 0.0141. The molecule has 0 radical (unpaired) electrons. The van der Waals surface area contributed by atoms with Crippen molar-refractivity contribution in [3.8, 4) is 0 Å². The Kier molecular flexibility index (Phi) is 7.67. The molecule has 1 aromatic heterocycles. The van der Waals surface area contributed by atoms with Crippen molar-refractivity contribution in [2.24, 2.45) is 5.41 Å². The zero-order chi connectivity index (χ0) is 18.3. The molecule has 136 valence electrons. The molecule has 24 heavy (non-hydrogen) atoms. The van der Waals surface area contributed by atoms with Crippen LogP contribution in [0, 0.1) is 5.41 Å². The van der Waals surface area contributed by atoms with E-state index in [1.54, 1.807) is 6.20 Å². The van der Waals surface area contributed by atoms with Gasteiger partial charge >= 0.3 is 0 Å². The normalized spacial score (nSPS) is 13.0. The molecule has 0 aliphatic carbocycles. The molecule has 0 aromatic carbocycles. The minimum Gasteiger partial charge on any atom is -0.357 e. The Bertz CT molecular complexity index is 501. The first-order valence-corrected chi connectivity index (χ1v) is 8.85. The van der Waals surface area contributed by atoms with E-state index < -0.39 is 0 Å². The Balaban J connectivity index is 2.80. The Morgan fingerprint density at radius 1 is 1.21 bits per heavy atom. The first-order chi connectivity index (χ1) is 11.2. The fourth-order valence-corrected chi connectivity index (χ4v) is 2.61. The van der Waals surface area contributed by atoms with Crippen LogP contribution < -0.4 is 10.2 Å². The Hall–Kier alpha value is -1.62. The van der Waals surface area contributed by atoms with Gasteiger partial charge in [0.05, 0.1) is 5.56 Å². The highest BCUT2D eigenvalue weighted by atomic mass is 16.1. The third kappa shape index (κ3) is 6.11. The predicted octanol–water partition coefficient (Wildman–Crippen LogP) is 3.02. The van der Waals surface area contributed by atoms with E-state index in [-0.39, 0.29) is 17.4 Å². The lowest BCUT2D eigenvalue weighted by Crippen LogP contribution is -2.45. The predicted molar refractivity (Wildman–Crippen MR) is 102 cm³/mol. The van der Waals surface area contributed by atoms with Crippen molar-refractivity contribution in [2.45, 2.75) is 47.1 Å². The zero-order valence-electron chi connectivity index (χ0n) is 16.4. The molecule has 1 rings (SSSR count). The van der Waals surface area contributed by atoms with E-state index in [0.717, 1.165) is 31.9 Å². The largest absolute Gasteiger partial charge is 0.357 e. The summed E-state index contributed by atoms with van der Waals surface area (Å²) in [6.07, 6.45) is 2.60. The van der Waals surface area contributed by atoms with Crippen molar-refractivity contribution in [2.75, 3.05) is 38.6 Å². The van der Waals surface area contributed by atoms with E-state index in [2.05, 4.69) is 68.8 Å². The van der Waals surface area contributed by atoms with Gasteiger partial charge in [-0.05, 0) is 58.5 Å². The number of amides is 1.